The summed E-state index contributed by atoms with van der Waals surface area (Å²) in [7, 11) is 0. The third kappa shape index (κ3) is 2.27. The molecule has 0 aromatic heterocycles. The number of carboxylic acid groups (broad SMARTS) is 1. The van der Waals surface area contributed by atoms with Gasteiger partial charge in [0.25, 0.3) is 0 Å². The molecule has 3 heteroatoms. The van der Waals surface area contributed by atoms with E-state index in [4.69, 9.17) is 0 Å². The SMILES string of the molecule is CCNC1(C(=O)O)CCC(C)(C)CC1. The number of carboxylic acids is 1. The zero-order valence-corrected chi connectivity index (χ0v) is 9.39. The van der Waals surface area contributed by atoms with Crippen LogP contribution in [0.2, 0.25) is 0 Å². The summed E-state index contributed by atoms with van der Waals surface area (Å²) >= 11 is 0. The molecule has 82 valence electrons. The molecule has 0 radical (unpaired) electrons. The number of nitrogens with one attached hydrogen (secondary N) is 1. The van der Waals surface area contributed by atoms with Crippen LogP contribution >= 0.6 is 0 Å². The van der Waals surface area contributed by atoms with E-state index in [0.717, 1.165) is 32.2 Å². The molecule has 1 rings (SSSR count). The predicted octanol–water partition coefficient (Wildman–Crippen LogP) is 2.02. The predicted molar refractivity (Wildman–Crippen MR) is 56.3 cm³/mol. The zero-order chi connectivity index (χ0) is 10.8. The van der Waals surface area contributed by atoms with E-state index in [0.29, 0.717) is 5.41 Å². The van der Waals surface area contributed by atoms with Gasteiger partial charge in [-0.05, 0) is 37.6 Å². The highest BCUT2D eigenvalue weighted by atomic mass is 16.4. The lowest BCUT2D eigenvalue weighted by Crippen LogP contribution is -2.55. The molecule has 14 heavy (non-hydrogen) atoms. The Labute approximate surface area is 85.9 Å². The van der Waals surface area contributed by atoms with Crippen LogP contribution in [0.4, 0.5) is 0 Å². The van der Waals surface area contributed by atoms with Gasteiger partial charge >= 0.3 is 5.97 Å². The zero-order valence-electron chi connectivity index (χ0n) is 9.39. The second-order valence-corrected chi connectivity index (χ2v) is 5.08. The number of rotatable bonds is 3. The average molecular weight is 199 g/mol. The van der Waals surface area contributed by atoms with Crippen LogP contribution < -0.4 is 5.32 Å². The normalized spacial score (nSPS) is 24.5. The second-order valence-electron chi connectivity index (χ2n) is 5.08. The molecule has 1 fully saturated rings. The fourth-order valence-corrected chi connectivity index (χ4v) is 2.16. The molecule has 1 aliphatic carbocycles. The van der Waals surface area contributed by atoms with Crippen LogP contribution in [0.15, 0.2) is 0 Å². The van der Waals surface area contributed by atoms with Gasteiger partial charge in [-0.25, -0.2) is 0 Å². The van der Waals surface area contributed by atoms with Crippen molar-refractivity contribution in [3.8, 4) is 0 Å². The number of carbonyl (C=O) groups is 1. The van der Waals surface area contributed by atoms with E-state index in [-0.39, 0.29) is 0 Å². The van der Waals surface area contributed by atoms with Crippen molar-refractivity contribution in [2.45, 2.75) is 52.0 Å². The molecule has 0 heterocycles. The fraction of sp³-hybridized carbons (Fsp3) is 0.909. The van der Waals surface area contributed by atoms with Crippen LogP contribution in [-0.2, 0) is 4.79 Å². The Hall–Kier alpha value is -0.570. The maximum absolute atomic E-state index is 11.2. The molecule has 0 bridgehead atoms. The Kier molecular flexibility index (Phi) is 3.20. The molecule has 0 amide bonds. The number of hydrogen-bond donors (Lipinski definition) is 2. The van der Waals surface area contributed by atoms with Gasteiger partial charge in [0.1, 0.15) is 5.54 Å². The Bertz CT molecular complexity index is 213. The Morgan fingerprint density at radius 2 is 1.79 bits per heavy atom. The van der Waals surface area contributed by atoms with Gasteiger partial charge in [0.15, 0.2) is 0 Å². The van der Waals surface area contributed by atoms with Crippen molar-refractivity contribution in [3.63, 3.8) is 0 Å². The number of hydrogen-bond acceptors (Lipinski definition) is 2. The summed E-state index contributed by atoms with van der Waals surface area (Å²) in [5.41, 5.74) is -0.335. The van der Waals surface area contributed by atoms with E-state index in [1.54, 1.807) is 0 Å². The molecule has 1 aliphatic rings. The topological polar surface area (TPSA) is 49.3 Å². The smallest absolute Gasteiger partial charge is 0.323 e. The summed E-state index contributed by atoms with van der Waals surface area (Å²) < 4.78 is 0. The van der Waals surface area contributed by atoms with Gasteiger partial charge in [-0.3, -0.25) is 4.79 Å². The largest absolute Gasteiger partial charge is 0.480 e. The van der Waals surface area contributed by atoms with Crippen LogP contribution in [0, 0.1) is 5.41 Å². The highest BCUT2D eigenvalue weighted by Gasteiger charge is 2.43. The highest BCUT2D eigenvalue weighted by Crippen LogP contribution is 2.40. The lowest BCUT2D eigenvalue weighted by atomic mass is 9.69. The van der Waals surface area contributed by atoms with E-state index >= 15 is 0 Å². The summed E-state index contributed by atoms with van der Waals surface area (Å²) in [6.07, 6.45) is 3.49. The van der Waals surface area contributed by atoms with Crippen LogP contribution in [0.5, 0.6) is 0 Å². The summed E-state index contributed by atoms with van der Waals surface area (Å²) in [6, 6.07) is 0. The van der Waals surface area contributed by atoms with Crippen LogP contribution in [0.3, 0.4) is 0 Å². The molecule has 1 saturated carbocycles. The van der Waals surface area contributed by atoms with E-state index in [2.05, 4.69) is 19.2 Å². The molecule has 0 unspecified atom stereocenters. The fourth-order valence-electron chi connectivity index (χ4n) is 2.16. The van der Waals surface area contributed by atoms with E-state index in [1.807, 2.05) is 6.92 Å². The van der Waals surface area contributed by atoms with Crippen LogP contribution in [0.25, 0.3) is 0 Å². The molecular formula is C11H21NO2. The maximum atomic E-state index is 11.2. The van der Waals surface area contributed by atoms with Gasteiger partial charge in [0, 0.05) is 0 Å². The van der Waals surface area contributed by atoms with Gasteiger partial charge in [0.2, 0.25) is 0 Å². The molecule has 0 spiro atoms. The standard InChI is InChI=1S/C11H21NO2/c1-4-12-11(9(13)14)7-5-10(2,3)6-8-11/h12H,4-8H2,1-3H3,(H,13,14). The van der Waals surface area contributed by atoms with Gasteiger partial charge < -0.3 is 10.4 Å². The average Bonchev–Trinajstić information content (AvgIpc) is 2.09. The Morgan fingerprint density at radius 1 is 1.29 bits per heavy atom. The van der Waals surface area contributed by atoms with E-state index in [1.165, 1.54) is 0 Å². The molecule has 0 saturated heterocycles. The molecule has 0 aliphatic heterocycles. The molecule has 0 aromatic rings. The summed E-state index contributed by atoms with van der Waals surface area (Å²) in [4.78, 5) is 11.2. The third-order valence-electron chi connectivity index (χ3n) is 3.38. The quantitative estimate of drug-likeness (QED) is 0.731. The summed E-state index contributed by atoms with van der Waals surface area (Å²) in [6.45, 7) is 7.12. The van der Waals surface area contributed by atoms with E-state index in [9.17, 15) is 9.90 Å². The van der Waals surface area contributed by atoms with Crippen molar-refractivity contribution in [2.24, 2.45) is 5.41 Å². The van der Waals surface area contributed by atoms with Crippen LogP contribution in [-0.4, -0.2) is 23.2 Å². The first kappa shape index (κ1) is 11.5. The van der Waals surface area contributed by atoms with Crippen molar-refractivity contribution in [1.82, 2.24) is 5.32 Å². The van der Waals surface area contributed by atoms with Gasteiger partial charge in [-0.15, -0.1) is 0 Å². The van der Waals surface area contributed by atoms with Crippen molar-refractivity contribution in [3.05, 3.63) is 0 Å². The lowest BCUT2D eigenvalue weighted by molar-refractivity contribution is -0.147. The van der Waals surface area contributed by atoms with Gasteiger partial charge in [0.05, 0.1) is 0 Å². The number of aliphatic carboxylic acids is 1. The van der Waals surface area contributed by atoms with Crippen molar-refractivity contribution in [2.75, 3.05) is 6.54 Å². The lowest BCUT2D eigenvalue weighted by Gasteiger charge is -2.41. The van der Waals surface area contributed by atoms with Crippen molar-refractivity contribution in [1.29, 1.82) is 0 Å². The minimum Gasteiger partial charge on any atom is -0.480 e. The highest BCUT2D eigenvalue weighted by molar-refractivity contribution is 5.79. The van der Waals surface area contributed by atoms with Crippen LogP contribution in [0.1, 0.15) is 46.5 Å². The minimum atomic E-state index is -0.685. The van der Waals surface area contributed by atoms with Gasteiger partial charge in [-0.2, -0.15) is 0 Å². The molecule has 0 aromatic carbocycles. The number of likely N-dealkylation sites (N-methyl/N-ethyl adjacent to an activating group) is 1. The van der Waals surface area contributed by atoms with Gasteiger partial charge in [-0.1, -0.05) is 20.8 Å². The summed E-state index contributed by atoms with van der Waals surface area (Å²) in [5, 5.41) is 12.4. The first-order chi connectivity index (χ1) is 6.42. The second kappa shape index (κ2) is 3.89. The first-order valence-electron chi connectivity index (χ1n) is 5.40. The summed E-state index contributed by atoms with van der Waals surface area (Å²) in [5.74, 6) is -0.685. The molecule has 2 N–H and O–H groups in total. The molecule has 0 atom stereocenters. The first-order valence-corrected chi connectivity index (χ1v) is 5.40. The van der Waals surface area contributed by atoms with E-state index < -0.39 is 11.5 Å². The Balaban J connectivity index is 2.69. The van der Waals surface area contributed by atoms with Crippen molar-refractivity contribution < 1.29 is 9.90 Å². The maximum Gasteiger partial charge on any atom is 0.323 e. The molecule has 3 nitrogen and oxygen atoms in total. The van der Waals surface area contributed by atoms with Crippen molar-refractivity contribution >= 4 is 5.97 Å². The third-order valence-corrected chi connectivity index (χ3v) is 3.38. The Morgan fingerprint density at radius 3 is 2.14 bits per heavy atom. The minimum absolute atomic E-state index is 0.314. The molecular weight excluding hydrogens is 178 g/mol. The monoisotopic (exact) mass is 199 g/mol.